The number of hydrogen-bond donors (Lipinski definition) is 3. The molecular weight excluding hydrogens is 328 g/mol. The van der Waals surface area contributed by atoms with Crippen molar-refractivity contribution in [3.8, 4) is 18.2 Å². The number of fused-ring (bicyclic) bond motifs is 1. The van der Waals surface area contributed by atoms with Gasteiger partial charge in [0.2, 0.25) is 11.2 Å². The number of aliphatic hydroxyl groups excluding tert-OH is 2. The van der Waals surface area contributed by atoms with E-state index in [0.717, 1.165) is 0 Å². The molecule has 3 N–H and O–H groups in total. The van der Waals surface area contributed by atoms with E-state index in [0.29, 0.717) is 5.52 Å². The van der Waals surface area contributed by atoms with E-state index in [1.54, 1.807) is 0 Å². The van der Waals surface area contributed by atoms with Crippen LogP contribution in [-0.2, 0) is 4.74 Å². The van der Waals surface area contributed by atoms with Gasteiger partial charge in [0, 0.05) is 0 Å². The highest BCUT2D eigenvalue weighted by Crippen LogP contribution is 2.38. The van der Waals surface area contributed by atoms with Crippen LogP contribution in [0.25, 0.3) is 11.2 Å². The Hall–Kier alpha value is -1.96. The van der Waals surface area contributed by atoms with Crippen LogP contribution in [0.2, 0.25) is 5.28 Å². The standard InChI is InChI=1S/C13H13ClN4O5/c1-3-13(21)6(4-19)23-11(8(13)20)18-5-15-7-9(18)16-12(14)17-10(7)22-2/h1,5-6,8,11,19-21H,4H2,2H3/t6-,8+,11-,13-/m1/s1. The molecule has 0 amide bonds. The summed E-state index contributed by atoms with van der Waals surface area (Å²) in [5, 5.41) is 29.9. The number of hydrogen-bond acceptors (Lipinski definition) is 8. The molecule has 0 unspecified atom stereocenters. The lowest BCUT2D eigenvalue weighted by Crippen LogP contribution is -2.47. The van der Waals surface area contributed by atoms with Crippen LogP contribution in [0.1, 0.15) is 6.23 Å². The highest BCUT2D eigenvalue weighted by atomic mass is 35.5. The lowest BCUT2D eigenvalue weighted by Gasteiger charge is -2.23. The van der Waals surface area contributed by atoms with Gasteiger partial charge in [-0.15, -0.1) is 6.42 Å². The van der Waals surface area contributed by atoms with E-state index in [4.69, 9.17) is 27.5 Å². The number of aromatic nitrogens is 4. The normalized spacial score (nSPS) is 30.5. The summed E-state index contributed by atoms with van der Waals surface area (Å²) in [5.41, 5.74) is -1.52. The average molecular weight is 341 g/mol. The fraction of sp³-hybridized carbons (Fsp3) is 0.462. The van der Waals surface area contributed by atoms with Crippen LogP contribution in [0, 0.1) is 12.3 Å². The van der Waals surface area contributed by atoms with Crippen molar-refractivity contribution in [3.05, 3.63) is 11.6 Å². The SMILES string of the molecule is C#C[C@@]1(O)[C@@H](CO)O[C@@H](n2cnc3c(OC)nc(Cl)nc32)[C@@H]1O. The molecule has 3 rings (SSSR count). The first-order chi connectivity index (χ1) is 11.0. The lowest BCUT2D eigenvalue weighted by atomic mass is 9.93. The summed E-state index contributed by atoms with van der Waals surface area (Å²) in [5.74, 6) is 2.22. The maximum atomic E-state index is 10.4. The monoisotopic (exact) mass is 340 g/mol. The van der Waals surface area contributed by atoms with E-state index in [1.165, 1.54) is 18.0 Å². The second-order valence-corrected chi connectivity index (χ2v) is 5.28. The molecule has 1 aliphatic rings. The predicted octanol–water partition coefficient (Wildman–Crippen LogP) is -0.897. The Balaban J connectivity index is 2.12. The third kappa shape index (κ3) is 2.23. The molecule has 0 saturated carbocycles. The Morgan fingerprint density at radius 2 is 2.30 bits per heavy atom. The van der Waals surface area contributed by atoms with Crippen LogP contribution in [0.5, 0.6) is 5.88 Å². The fourth-order valence-corrected chi connectivity index (χ4v) is 2.68. The largest absolute Gasteiger partial charge is 0.479 e. The zero-order chi connectivity index (χ0) is 16.8. The summed E-state index contributed by atoms with van der Waals surface area (Å²) < 4.78 is 11.9. The molecule has 122 valence electrons. The van der Waals surface area contributed by atoms with E-state index < -0.39 is 30.6 Å². The minimum absolute atomic E-state index is 0.0884. The molecule has 1 aliphatic heterocycles. The van der Waals surface area contributed by atoms with E-state index in [2.05, 4.69) is 20.9 Å². The van der Waals surface area contributed by atoms with Gasteiger partial charge in [0.1, 0.15) is 12.2 Å². The second-order valence-electron chi connectivity index (χ2n) is 4.94. The van der Waals surface area contributed by atoms with Crippen molar-refractivity contribution in [1.29, 1.82) is 0 Å². The average Bonchev–Trinajstić information content (AvgIpc) is 3.07. The topological polar surface area (TPSA) is 123 Å². The number of methoxy groups -OCH3 is 1. The summed E-state index contributed by atoms with van der Waals surface area (Å²) in [4.78, 5) is 12.0. The van der Waals surface area contributed by atoms with E-state index in [1.807, 2.05) is 0 Å². The Kier molecular flexibility index (Phi) is 3.87. The maximum absolute atomic E-state index is 10.4. The molecule has 0 aliphatic carbocycles. The molecule has 23 heavy (non-hydrogen) atoms. The van der Waals surface area contributed by atoms with E-state index in [9.17, 15) is 15.3 Å². The molecule has 10 heteroatoms. The summed E-state index contributed by atoms with van der Waals surface area (Å²) >= 11 is 5.85. The van der Waals surface area contributed by atoms with Crippen LogP contribution in [0.15, 0.2) is 6.33 Å². The summed E-state index contributed by atoms with van der Waals surface area (Å²) in [6.07, 6.45) is 2.81. The van der Waals surface area contributed by atoms with Crippen LogP contribution in [0.3, 0.4) is 0 Å². The van der Waals surface area contributed by atoms with Crippen molar-refractivity contribution in [2.45, 2.75) is 24.0 Å². The Morgan fingerprint density at radius 1 is 1.57 bits per heavy atom. The van der Waals surface area contributed by atoms with Gasteiger partial charge >= 0.3 is 0 Å². The first kappa shape index (κ1) is 15.9. The second kappa shape index (κ2) is 5.59. The molecule has 0 bridgehead atoms. The molecule has 1 fully saturated rings. The first-order valence-corrected chi connectivity index (χ1v) is 6.92. The van der Waals surface area contributed by atoms with Gasteiger partial charge in [-0.1, -0.05) is 5.92 Å². The number of halogens is 1. The van der Waals surface area contributed by atoms with Crippen molar-refractivity contribution in [2.75, 3.05) is 13.7 Å². The van der Waals surface area contributed by atoms with Crippen molar-refractivity contribution < 1.29 is 24.8 Å². The molecule has 4 atom stereocenters. The molecular formula is C13H13ClN4O5. The van der Waals surface area contributed by atoms with E-state index >= 15 is 0 Å². The van der Waals surface area contributed by atoms with Gasteiger partial charge in [0.05, 0.1) is 20.0 Å². The molecule has 1 saturated heterocycles. The Labute approximate surface area is 135 Å². The number of nitrogens with zero attached hydrogens (tertiary/aromatic N) is 4. The van der Waals surface area contributed by atoms with E-state index in [-0.39, 0.29) is 16.8 Å². The van der Waals surface area contributed by atoms with Crippen LogP contribution < -0.4 is 4.74 Å². The number of aliphatic hydroxyl groups is 3. The minimum Gasteiger partial charge on any atom is -0.479 e. The Bertz CT molecular complexity index is 790. The third-order valence-corrected chi connectivity index (χ3v) is 3.91. The number of imidazole rings is 1. The van der Waals surface area contributed by atoms with Crippen molar-refractivity contribution in [1.82, 2.24) is 19.5 Å². The minimum atomic E-state index is -2.04. The van der Waals surface area contributed by atoms with Gasteiger partial charge in [-0.25, -0.2) is 4.98 Å². The van der Waals surface area contributed by atoms with Gasteiger partial charge < -0.3 is 24.8 Å². The van der Waals surface area contributed by atoms with Crippen LogP contribution in [0.4, 0.5) is 0 Å². The van der Waals surface area contributed by atoms with Crippen molar-refractivity contribution in [2.24, 2.45) is 0 Å². The molecule has 3 heterocycles. The molecule has 0 radical (unpaired) electrons. The first-order valence-electron chi connectivity index (χ1n) is 6.54. The molecule has 9 nitrogen and oxygen atoms in total. The maximum Gasteiger partial charge on any atom is 0.246 e. The third-order valence-electron chi connectivity index (χ3n) is 3.74. The molecule has 2 aromatic rings. The zero-order valence-corrected chi connectivity index (χ0v) is 12.7. The predicted molar refractivity (Wildman–Crippen MR) is 77.7 cm³/mol. The zero-order valence-electron chi connectivity index (χ0n) is 11.9. The highest BCUT2D eigenvalue weighted by molar-refractivity contribution is 6.28. The Morgan fingerprint density at radius 3 is 2.87 bits per heavy atom. The van der Waals surface area contributed by atoms with Gasteiger partial charge in [0.25, 0.3) is 0 Å². The van der Waals surface area contributed by atoms with Crippen molar-refractivity contribution in [3.63, 3.8) is 0 Å². The lowest BCUT2D eigenvalue weighted by molar-refractivity contribution is -0.0605. The molecule has 0 aromatic carbocycles. The number of rotatable bonds is 3. The fourth-order valence-electron chi connectivity index (χ4n) is 2.53. The van der Waals surface area contributed by atoms with Gasteiger partial charge in [0.15, 0.2) is 23.0 Å². The van der Waals surface area contributed by atoms with Gasteiger partial charge in [-0.3, -0.25) is 4.57 Å². The van der Waals surface area contributed by atoms with Gasteiger partial charge in [-0.2, -0.15) is 9.97 Å². The summed E-state index contributed by atoms with van der Waals surface area (Å²) in [6.45, 7) is -0.569. The summed E-state index contributed by atoms with van der Waals surface area (Å²) in [6, 6.07) is 0. The van der Waals surface area contributed by atoms with Crippen LogP contribution in [-0.4, -0.2) is 66.4 Å². The number of ether oxygens (including phenoxy) is 2. The molecule has 0 spiro atoms. The van der Waals surface area contributed by atoms with Crippen molar-refractivity contribution >= 4 is 22.8 Å². The summed E-state index contributed by atoms with van der Waals surface area (Å²) in [7, 11) is 1.40. The quantitative estimate of drug-likeness (QED) is 0.485. The van der Waals surface area contributed by atoms with Gasteiger partial charge in [-0.05, 0) is 11.6 Å². The molecule has 2 aromatic heterocycles. The smallest absolute Gasteiger partial charge is 0.246 e. The van der Waals surface area contributed by atoms with Crippen LogP contribution >= 0.6 is 11.6 Å². The highest BCUT2D eigenvalue weighted by Gasteiger charge is 2.55. The number of terminal acetylenes is 1.